The highest BCUT2D eigenvalue weighted by atomic mass is 19.1. The molecule has 1 atom stereocenters. The molecule has 0 bridgehead atoms. The largest absolute Gasteiger partial charge is 0.481 e. The summed E-state index contributed by atoms with van der Waals surface area (Å²) in [5.74, 6) is -1.62. The minimum atomic E-state index is -0.819. The fourth-order valence-electron chi connectivity index (χ4n) is 1.57. The van der Waals surface area contributed by atoms with Crippen LogP contribution in [0, 0.1) is 11.7 Å². The van der Waals surface area contributed by atoms with Crippen LogP contribution in [0.4, 0.5) is 4.39 Å². The molecule has 1 unspecified atom stereocenters. The lowest BCUT2D eigenvalue weighted by Gasteiger charge is -2.22. The number of pyridine rings is 1. The highest BCUT2D eigenvalue weighted by Crippen LogP contribution is 2.08. The molecule has 0 aliphatic heterocycles. The van der Waals surface area contributed by atoms with Crippen molar-refractivity contribution < 1.29 is 14.3 Å². The van der Waals surface area contributed by atoms with E-state index >= 15 is 0 Å². The van der Waals surface area contributed by atoms with Crippen LogP contribution in [0.25, 0.3) is 0 Å². The first kappa shape index (κ1) is 13.6. The smallest absolute Gasteiger partial charge is 0.307 e. The van der Waals surface area contributed by atoms with Gasteiger partial charge < -0.3 is 5.11 Å². The highest BCUT2D eigenvalue weighted by Gasteiger charge is 2.15. The Morgan fingerprint density at radius 3 is 2.82 bits per heavy atom. The third-order valence-electron chi connectivity index (χ3n) is 2.57. The van der Waals surface area contributed by atoms with Crippen molar-refractivity contribution in [1.82, 2.24) is 9.88 Å². The number of hydrogen-bond acceptors (Lipinski definition) is 3. The Hall–Kier alpha value is -1.49. The average molecular weight is 240 g/mol. The van der Waals surface area contributed by atoms with Gasteiger partial charge in [0.25, 0.3) is 0 Å². The fraction of sp³-hybridized carbons (Fsp3) is 0.500. The van der Waals surface area contributed by atoms with Gasteiger partial charge in [-0.1, -0.05) is 13.8 Å². The topological polar surface area (TPSA) is 53.4 Å². The summed E-state index contributed by atoms with van der Waals surface area (Å²) in [5.41, 5.74) is 0.754. The summed E-state index contributed by atoms with van der Waals surface area (Å²) in [4.78, 5) is 16.5. The maximum absolute atomic E-state index is 12.9. The van der Waals surface area contributed by atoms with E-state index in [9.17, 15) is 9.18 Å². The van der Waals surface area contributed by atoms with Gasteiger partial charge in [0.15, 0.2) is 0 Å². The van der Waals surface area contributed by atoms with Gasteiger partial charge in [-0.25, -0.2) is 4.39 Å². The molecule has 1 aromatic rings. The Morgan fingerprint density at radius 1 is 1.59 bits per heavy atom. The summed E-state index contributed by atoms with van der Waals surface area (Å²) in [5, 5.41) is 8.84. The molecule has 5 heteroatoms. The number of hydrogen-bond donors (Lipinski definition) is 1. The molecule has 1 rings (SSSR count). The van der Waals surface area contributed by atoms with Crippen LogP contribution in [-0.2, 0) is 11.3 Å². The zero-order valence-corrected chi connectivity index (χ0v) is 10.1. The predicted octanol–water partition coefficient (Wildman–Crippen LogP) is 1.76. The Balaban J connectivity index is 2.61. The normalized spacial score (nSPS) is 12.7. The molecule has 1 heterocycles. The molecule has 4 nitrogen and oxygen atoms in total. The Bertz CT molecular complexity index is 385. The first-order chi connectivity index (χ1) is 8.02. The molecule has 94 valence electrons. The minimum absolute atomic E-state index is 0.371. The third kappa shape index (κ3) is 4.48. The van der Waals surface area contributed by atoms with Crippen LogP contribution >= 0.6 is 0 Å². The van der Waals surface area contributed by atoms with Crippen molar-refractivity contribution in [2.45, 2.75) is 20.4 Å². The molecule has 0 amide bonds. The quantitative estimate of drug-likeness (QED) is 0.823. The van der Waals surface area contributed by atoms with Gasteiger partial charge in [-0.05, 0) is 18.2 Å². The van der Waals surface area contributed by atoms with Crippen molar-refractivity contribution in [2.24, 2.45) is 5.92 Å². The lowest BCUT2D eigenvalue weighted by Crippen LogP contribution is -2.31. The van der Waals surface area contributed by atoms with Crippen LogP contribution in [-0.4, -0.2) is 34.0 Å². The van der Waals surface area contributed by atoms with Crippen LogP contribution < -0.4 is 0 Å². The molecule has 1 aromatic heterocycles. The van der Waals surface area contributed by atoms with E-state index in [0.29, 0.717) is 19.6 Å². The molecule has 0 fully saturated rings. The summed E-state index contributed by atoms with van der Waals surface area (Å²) in [6, 6.07) is 1.42. The lowest BCUT2D eigenvalue weighted by molar-refractivity contribution is -0.141. The molecule has 0 spiro atoms. The maximum atomic E-state index is 12.9. The van der Waals surface area contributed by atoms with Gasteiger partial charge in [0.1, 0.15) is 5.82 Å². The van der Waals surface area contributed by atoms with E-state index in [1.54, 1.807) is 13.1 Å². The van der Waals surface area contributed by atoms with Gasteiger partial charge in [-0.15, -0.1) is 0 Å². The van der Waals surface area contributed by atoms with E-state index in [1.807, 2.05) is 11.8 Å². The lowest BCUT2D eigenvalue weighted by atomic mass is 10.1. The van der Waals surface area contributed by atoms with Crippen LogP contribution in [0.2, 0.25) is 0 Å². The van der Waals surface area contributed by atoms with Crippen LogP contribution in [0.3, 0.4) is 0 Å². The molecule has 0 saturated carbocycles. The number of rotatable bonds is 6. The first-order valence-corrected chi connectivity index (χ1v) is 5.57. The molecule has 17 heavy (non-hydrogen) atoms. The number of carboxylic acids is 1. The Kier molecular flexibility index (Phi) is 5.03. The van der Waals surface area contributed by atoms with E-state index in [-0.39, 0.29) is 5.82 Å². The summed E-state index contributed by atoms with van der Waals surface area (Å²) >= 11 is 0. The summed E-state index contributed by atoms with van der Waals surface area (Å²) < 4.78 is 12.9. The zero-order chi connectivity index (χ0) is 12.8. The van der Waals surface area contributed by atoms with Crippen molar-refractivity contribution in [3.8, 4) is 0 Å². The molecule has 0 saturated heterocycles. The predicted molar refractivity (Wildman–Crippen MR) is 61.9 cm³/mol. The van der Waals surface area contributed by atoms with Crippen molar-refractivity contribution in [3.63, 3.8) is 0 Å². The van der Waals surface area contributed by atoms with E-state index in [2.05, 4.69) is 4.98 Å². The number of carboxylic acid groups (broad SMARTS) is 1. The van der Waals surface area contributed by atoms with Gasteiger partial charge in [0.2, 0.25) is 0 Å². The second kappa shape index (κ2) is 6.30. The zero-order valence-electron chi connectivity index (χ0n) is 10.1. The second-order valence-corrected chi connectivity index (χ2v) is 4.08. The number of aliphatic carboxylic acids is 1. The summed E-state index contributed by atoms with van der Waals surface area (Å²) in [6.45, 7) is 5.28. The first-order valence-electron chi connectivity index (χ1n) is 5.57. The third-order valence-corrected chi connectivity index (χ3v) is 2.57. The number of halogens is 1. The van der Waals surface area contributed by atoms with Crippen molar-refractivity contribution in [1.29, 1.82) is 0 Å². The molecule has 0 aliphatic carbocycles. The average Bonchev–Trinajstić information content (AvgIpc) is 2.27. The Morgan fingerprint density at radius 2 is 2.29 bits per heavy atom. The molecule has 0 aliphatic rings. The standard InChI is InChI=1S/C12H17FN2O2/c1-3-15(7-9(2)12(16)17)8-10-4-11(13)6-14-5-10/h4-6,9H,3,7-8H2,1-2H3,(H,16,17). The summed E-state index contributed by atoms with van der Waals surface area (Å²) in [7, 11) is 0. The van der Waals surface area contributed by atoms with Crippen LogP contribution in [0.5, 0.6) is 0 Å². The van der Waals surface area contributed by atoms with Crippen LogP contribution in [0.15, 0.2) is 18.5 Å². The van der Waals surface area contributed by atoms with E-state index < -0.39 is 11.9 Å². The van der Waals surface area contributed by atoms with E-state index in [4.69, 9.17) is 5.11 Å². The molecular formula is C12H17FN2O2. The van der Waals surface area contributed by atoms with Gasteiger partial charge in [-0.3, -0.25) is 14.7 Å². The van der Waals surface area contributed by atoms with Gasteiger partial charge in [0, 0.05) is 19.3 Å². The monoisotopic (exact) mass is 240 g/mol. The van der Waals surface area contributed by atoms with Crippen molar-refractivity contribution in [3.05, 3.63) is 29.8 Å². The van der Waals surface area contributed by atoms with E-state index in [1.165, 1.54) is 6.07 Å². The second-order valence-electron chi connectivity index (χ2n) is 4.08. The maximum Gasteiger partial charge on any atom is 0.307 e. The minimum Gasteiger partial charge on any atom is -0.481 e. The van der Waals surface area contributed by atoms with Gasteiger partial charge in [0.05, 0.1) is 12.1 Å². The molecule has 1 N–H and O–H groups in total. The Labute approximate surface area is 100 Å². The number of nitrogens with zero attached hydrogens (tertiary/aromatic N) is 2. The van der Waals surface area contributed by atoms with Gasteiger partial charge in [-0.2, -0.15) is 0 Å². The van der Waals surface area contributed by atoms with Crippen molar-refractivity contribution in [2.75, 3.05) is 13.1 Å². The van der Waals surface area contributed by atoms with E-state index in [0.717, 1.165) is 11.8 Å². The molecule has 0 radical (unpaired) electrons. The van der Waals surface area contributed by atoms with Gasteiger partial charge >= 0.3 is 5.97 Å². The SMILES string of the molecule is CCN(Cc1cncc(F)c1)CC(C)C(=O)O. The molecular weight excluding hydrogens is 223 g/mol. The summed E-state index contributed by atoms with van der Waals surface area (Å²) in [6.07, 6.45) is 2.75. The number of carbonyl (C=O) groups is 1. The van der Waals surface area contributed by atoms with Crippen molar-refractivity contribution >= 4 is 5.97 Å². The fourth-order valence-corrected chi connectivity index (χ4v) is 1.57. The van der Waals surface area contributed by atoms with Crippen LogP contribution in [0.1, 0.15) is 19.4 Å². The highest BCUT2D eigenvalue weighted by molar-refractivity contribution is 5.69. The molecule has 0 aromatic carbocycles. The number of aromatic nitrogens is 1.